The van der Waals surface area contributed by atoms with E-state index in [2.05, 4.69) is 4.98 Å². The molecule has 0 unspecified atom stereocenters. The Kier molecular flexibility index (Phi) is 1.69. The Hall–Kier alpha value is -1.16. The van der Waals surface area contributed by atoms with E-state index in [1.807, 2.05) is 24.6 Å². The summed E-state index contributed by atoms with van der Waals surface area (Å²) in [4.78, 5) is 16.0. The monoisotopic (exact) mass is 180 g/mol. The van der Waals surface area contributed by atoms with Crippen molar-refractivity contribution in [2.75, 3.05) is 0 Å². The van der Waals surface area contributed by atoms with Gasteiger partial charge in [0.15, 0.2) is 0 Å². The molecule has 0 aromatic carbocycles. The topological polar surface area (TPSA) is 34.9 Å². The maximum Gasteiger partial charge on any atom is 0.348 e. The Morgan fingerprint density at radius 2 is 2.50 bits per heavy atom. The molecule has 0 fully saturated rings. The van der Waals surface area contributed by atoms with Gasteiger partial charge in [0.25, 0.3) is 0 Å². The van der Waals surface area contributed by atoms with Crippen LogP contribution in [0.25, 0.3) is 10.2 Å². The van der Waals surface area contributed by atoms with Gasteiger partial charge in [-0.15, -0.1) is 11.3 Å². The highest BCUT2D eigenvalue weighted by atomic mass is 32.1. The van der Waals surface area contributed by atoms with E-state index in [1.165, 1.54) is 11.3 Å². The van der Waals surface area contributed by atoms with Gasteiger partial charge >= 0.3 is 5.69 Å². The van der Waals surface area contributed by atoms with Gasteiger partial charge < -0.3 is 0 Å². The minimum Gasteiger partial charge on any atom is -0.299 e. The van der Waals surface area contributed by atoms with Crippen LogP contribution in [0.2, 0.25) is 0 Å². The van der Waals surface area contributed by atoms with E-state index in [4.69, 9.17) is 0 Å². The third-order valence-corrected chi connectivity index (χ3v) is 2.58. The fraction of sp³-hybridized carbons (Fsp3) is 0.250. The summed E-state index contributed by atoms with van der Waals surface area (Å²) in [6, 6.07) is 1.97. The van der Waals surface area contributed by atoms with Crippen LogP contribution >= 0.6 is 11.3 Å². The van der Waals surface area contributed by atoms with Crippen molar-refractivity contribution in [1.82, 2.24) is 9.55 Å². The Bertz CT molecular complexity index is 457. The lowest BCUT2D eigenvalue weighted by molar-refractivity contribution is 0.709. The molecule has 0 saturated carbocycles. The van der Waals surface area contributed by atoms with Gasteiger partial charge in [-0.3, -0.25) is 4.57 Å². The van der Waals surface area contributed by atoms with Gasteiger partial charge in [0.2, 0.25) is 0 Å². The van der Waals surface area contributed by atoms with Crippen molar-refractivity contribution in [3.05, 3.63) is 28.1 Å². The van der Waals surface area contributed by atoms with Crippen LogP contribution in [0.3, 0.4) is 0 Å². The molecule has 0 radical (unpaired) electrons. The second-order valence-electron chi connectivity index (χ2n) is 2.49. The van der Waals surface area contributed by atoms with Gasteiger partial charge in [-0.05, 0) is 18.4 Å². The molecule has 0 amide bonds. The number of hydrogen-bond acceptors (Lipinski definition) is 3. The zero-order valence-corrected chi connectivity index (χ0v) is 7.47. The predicted octanol–water partition coefficient (Wildman–Crippen LogP) is 1.48. The van der Waals surface area contributed by atoms with Crippen molar-refractivity contribution < 1.29 is 0 Å². The van der Waals surface area contributed by atoms with Gasteiger partial charge in [0.05, 0.1) is 0 Å². The van der Waals surface area contributed by atoms with Crippen LogP contribution in [-0.4, -0.2) is 9.55 Å². The second kappa shape index (κ2) is 2.71. The number of aromatic nitrogens is 2. The molecule has 0 aliphatic carbocycles. The van der Waals surface area contributed by atoms with Crippen LogP contribution in [0, 0.1) is 0 Å². The number of fused-ring (bicyclic) bond motifs is 1. The largest absolute Gasteiger partial charge is 0.348 e. The first kappa shape index (κ1) is 7.49. The maximum atomic E-state index is 11.2. The summed E-state index contributed by atoms with van der Waals surface area (Å²) in [7, 11) is 0. The highest BCUT2D eigenvalue weighted by molar-refractivity contribution is 7.16. The molecule has 2 heterocycles. The Morgan fingerprint density at radius 1 is 1.67 bits per heavy atom. The van der Waals surface area contributed by atoms with Crippen molar-refractivity contribution in [1.29, 1.82) is 0 Å². The predicted molar refractivity (Wildman–Crippen MR) is 49.6 cm³/mol. The van der Waals surface area contributed by atoms with Crippen LogP contribution < -0.4 is 5.69 Å². The van der Waals surface area contributed by atoms with E-state index in [0.717, 1.165) is 10.2 Å². The lowest BCUT2D eigenvalue weighted by Gasteiger charge is -1.98. The summed E-state index contributed by atoms with van der Waals surface area (Å²) in [5.74, 6) is 0. The highest BCUT2D eigenvalue weighted by Crippen LogP contribution is 2.15. The molecular formula is C8H8N2OS. The van der Waals surface area contributed by atoms with Gasteiger partial charge in [-0.1, -0.05) is 0 Å². The SMILES string of the molecule is CCn1cc2ccsc2nc1=O. The molecule has 12 heavy (non-hydrogen) atoms. The summed E-state index contributed by atoms with van der Waals surface area (Å²) in [6.45, 7) is 2.61. The first-order valence-corrected chi connectivity index (χ1v) is 4.64. The quantitative estimate of drug-likeness (QED) is 0.666. The molecule has 3 nitrogen and oxygen atoms in total. The second-order valence-corrected chi connectivity index (χ2v) is 3.39. The van der Waals surface area contributed by atoms with E-state index < -0.39 is 0 Å². The number of thiophene rings is 1. The first-order chi connectivity index (χ1) is 5.81. The molecule has 0 aliphatic heterocycles. The van der Waals surface area contributed by atoms with Gasteiger partial charge in [-0.25, -0.2) is 4.79 Å². The van der Waals surface area contributed by atoms with Crippen LogP contribution in [-0.2, 0) is 6.54 Å². The van der Waals surface area contributed by atoms with Gasteiger partial charge in [0.1, 0.15) is 4.83 Å². The zero-order valence-electron chi connectivity index (χ0n) is 6.65. The normalized spacial score (nSPS) is 10.8. The highest BCUT2D eigenvalue weighted by Gasteiger charge is 1.99. The van der Waals surface area contributed by atoms with Gasteiger partial charge in [-0.2, -0.15) is 4.98 Å². The van der Waals surface area contributed by atoms with E-state index in [-0.39, 0.29) is 5.69 Å². The average Bonchev–Trinajstić information content (AvgIpc) is 2.49. The van der Waals surface area contributed by atoms with E-state index >= 15 is 0 Å². The summed E-state index contributed by atoms with van der Waals surface area (Å²) in [5.41, 5.74) is -0.160. The van der Waals surface area contributed by atoms with Crippen molar-refractivity contribution in [3.63, 3.8) is 0 Å². The summed E-state index contributed by atoms with van der Waals surface area (Å²) in [5, 5.41) is 2.98. The third-order valence-electron chi connectivity index (χ3n) is 1.75. The minimum atomic E-state index is -0.160. The van der Waals surface area contributed by atoms with E-state index in [9.17, 15) is 4.79 Å². The summed E-state index contributed by atoms with van der Waals surface area (Å²) < 4.78 is 1.61. The number of nitrogens with zero attached hydrogens (tertiary/aromatic N) is 2. The van der Waals surface area contributed by atoms with E-state index in [1.54, 1.807) is 4.57 Å². The Labute approximate surface area is 73.3 Å². The zero-order chi connectivity index (χ0) is 8.55. The molecule has 2 aromatic heterocycles. The number of aryl methyl sites for hydroxylation is 1. The molecule has 2 rings (SSSR count). The molecule has 0 N–H and O–H groups in total. The fourth-order valence-electron chi connectivity index (χ4n) is 1.10. The molecule has 62 valence electrons. The van der Waals surface area contributed by atoms with Crippen LogP contribution in [0.1, 0.15) is 6.92 Å². The lowest BCUT2D eigenvalue weighted by Crippen LogP contribution is -2.20. The summed E-state index contributed by atoms with van der Waals surface area (Å²) in [6.07, 6.45) is 1.85. The molecule has 4 heteroatoms. The molecule has 0 bridgehead atoms. The van der Waals surface area contributed by atoms with Crippen LogP contribution in [0.4, 0.5) is 0 Å². The number of rotatable bonds is 1. The smallest absolute Gasteiger partial charge is 0.299 e. The van der Waals surface area contributed by atoms with Crippen molar-refractivity contribution in [3.8, 4) is 0 Å². The fourth-order valence-corrected chi connectivity index (χ4v) is 1.83. The van der Waals surface area contributed by atoms with E-state index in [0.29, 0.717) is 6.54 Å². The third kappa shape index (κ3) is 1.04. The molecule has 0 atom stereocenters. The molecular weight excluding hydrogens is 172 g/mol. The van der Waals surface area contributed by atoms with Crippen LogP contribution in [0.15, 0.2) is 22.4 Å². The Balaban J connectivity index is 2.82. The molecule has 2 aromatic rings. The minimum absolute atomic E-state index is 0.160. The first-order valence-electron chi connectivity index (χ1n) is 3.76. The molecule has 0 spiro atoms. The van der Waals surface area contributed by atoms with Crippen molar-refractivity contribution in [2.24, 2.45) is 0 Å². The molecule has 0 saturated heterocycles. The van der Waals surface area contributed by atoms with Crippen molar-refractivity contribution in [2.45, 2.75) is 13.5 Å². The molecule has 0 aliphatic rings. The van der Waals surface area contributed by atoms with Gasteiger partial charge in [0, 0.05) is 18.1 Å². The standard InChI is InChI=1S/C8H8N2OS/c1-2-10-5-6-3-4-12-7(6)9-8(10)11/h3-5H,2H2,1H3. The Morgan fingerprint density at radius 3 is 3.25 bits per heavy atom. The number of hydrogen-bond donors (Lipinski definition) is 0. The lowest BCUT2D eigenvalue weighted by atomic mass is 10.4. The average molecular weight is 180 g/mol. The summed E-state index contributed by atoms with van der Waals surface area (Å²) >= 11 is 1.50. The van der Waals surface area contributed by atoms with Crippen molar-refractivity contribution >= 4 is 21.6 Å². The van der Waals surface area contributed by atoms with Crippen LogP contribution in [0.5, 0.6) is 0 Å². The maximum absolute atomic E-state index is 11.2.